The summed E-state index contributed by atoms with van der Waals surface area (Å²) in [4.78, 5) is 33.2. The Morgan fingerprint density at radius 1 is 1.07 bits per heavy atom. The second-order valence-electron chi connectivity index (χ2n) is 11.9. The van der Waals surface area contributed by atoms with Gasteiger partial charge in [-0.15, -0.1) is 0 Å². The highest BCUT2D eigenvalue weighted by atomic mass is 19.4. The average molecular weight is 611 g/mol. The molecular weight excluding hydrogens is 573 g/mol. The summed E-state index contributed by atoms with van der Waals surface area (Å²) < 4.78 is 53.2. The molecule has 0 N–H and O–H groups in total. The summed E-state index contributed by atoms with van der Waals surface area (Å²) in [6, 6.07) is 10.6. The molecular formula is C32H37F3N6O3. The number of piperidine rings is 1. The summed E-state index contributed by atoms with van der Waals surface area (Å²) >= 11 is 0. The number of likely N-dealkylation sites (N-methyl/N-ethyl adjacent to an activating group) is 1. The first-order chi connectivity index (χ1) is 21.1. The van der Waals surface area contributed by atoms with Gasteiger partial charge in [0.05, 0.1) is 36.7 Å². The van der Waals surface area contributed by atoms with Gasteiger partial charge in [0.1, 0.15) is 5.69 Å². The largest absolute Gasteiger partial charge is 0.481 e. The predicted molar refractivity (Wildman–Crippen MR) is 159 cm³/mol. The van der Waals surface area contributed by atoms with Crippen molar-refractivity contribution in [3.63, 3.8) is 0 Å². The Labute approximate surface area is 255 Å². The molecule has 44 heavy (non-hydrogen) atoms. The van der Waals surface area contributed by atoms with Crippen molar-refractivity contribution in [2.75, 3.05) is 58.4 Å². The number of ether oxygens (including phenoxy) is 2. The van der Waals surface area contributed by atoms with Crippen LogP contribution in [0.25, 0.3) is 11.3 Å². The molecule has 9 nitrogen and oxygen atoms in total. The van der Waals surface area contributed by atoms with Crippen molar-refractivity contribution in [3.8, 4) is 23.0 Å². The van der Waals surface area contributed by atoms with Crippen LogP contribution >= 0.6 is 0 Å². The number of carbonyl (C=O) groups is 1. The Morgan fingerprint density at radius 2 is 1.86 bits per heavy atom. The lowest BCUT2D eigenvalue weighted by Crippen LogP contribution is -2.66. The molecule has 0 aliphatic carbocycles. The van der Waals surface area contributed by atoms with E-state index in [1.807, 2.05) is 43.1 Å². The van der Waals surface area contributed by atoms with Gasteiger partial charge in [0.15, 0.2) is 5.69 Å². The van der Waals surface area contributed by atoms with Gasteiger partial charge in [0.2, 0.25) is 11.8 Å². The van der Waals surface area contributed by atoms with E-state index in [1.165, 1.54) is 19.2 Å². The zero-order valence-electron chi connectivity index (χ0n) is 25.4. The quantitative estimate of drug-likeness (QED) is 0.374. The molecule has 2 atom stereocenters. The average Bonchev–Trinajstić information content (AvgIpc) is 3.01. The first-order valence-corrected chi connectivity index (χ1v) is 15.1. The minimum absolute atomic E-state index is 0.0448. The third-order valence-electron chi connectivity index (χ3n) is 9.37. The number of alkyl halides is 3. The van der Waals surface area contributed by atoms with Crippen LogP contribution in [0.1, 0.15) is 48.4 Å². The number of anilines is 1. The van der Waals surface area contributed by atoms with Crippen molar-refractivity contribution in [2.24, 2.45) is 5.92 Å². The first kappa shape index (κ1) is 30.1. The summed E-state index contributed by atoms with van der Waals surface area (Å²) in [5.74, 6) is 0.219. The fraction of sp³-hybridized carbons (Fsp3) is 0.500. The number of amides is 1. The molecule has 6 rings (SSSR count). The molecule has 0 aromatic carbocycles. The second-order valence-corrected chi connectivity index (χ2v) is 11.9. The SMILES string of the molecule is CCOc1ncccc1-c1ccc2c(n1)C(=O)N(C1CN(C)C1)CC21CCN(c2ccc(OC)nc2C(F)(F)F)CC1CC. The molecule has 2 fully saturated rings. The minimum atomic E-state index is -4.63. The number of likely N-dealkylation sites (tertiary alicyclic amines) is 1. The van der Waals surface area contributed by atoms with Crippen LogP contribution in [-0.2, 0) is 11.6 Å². The number of pyridine rings is 3. The standard InChI is InChI=1S/C32H37F3N6O3/c1-5-20-16-40(25-11-12-26(43-4)38-28(25)32(33,34)35)15-13-31(20)19-41(21-17-39(3)18-21)30(42)27-23(31)9-10-24(37-27)22-8-7-14-36-29(22)44-6-2/h7-12,14,20-21H,5-6,13,15-19H2,1-4H3. The molecule has 12 heteroatoms. The van der Waals surface area contributed by atoms with E-state index >= 15 is 0 Å². The highest BCUT2D eigenvalue weighted by molar-refractivity contribution is 5.96. The smallest absolute Gasteiger partial charge is 0.435 e. The fourth-order valence-electron chi connectivity index (χ4n) is 7.15. The molecule has 3 aromatic heterocycles. The lowest BCUT2D eigenvalue weighted by molar-refractivity contribution is -0.140. The zero-order valence-corrected chi connectivity index (χ0v) is 25.4. The van der Waals surface area contributed by atoms with Gasteiger partial charge in [-0.25, -0.2) is 15.0 Å². The Balaban J connectivity index is 1.42. The lowest BCUT2D eigenvalue weighted by atomic mass is 9.62. The topological polar surface area (TPSA) is 83.9 Å². The van der Waals surface area contributed by atoms with E-state index < -0.39 is 17.3 Å². The maximum absolute atomic E-state index is 14.1. The summed E-state index contributed by atoms with van der Waals surface area (Å²) in [5.41, 5.74) is 1.20. The molecule has 3 aliphatic heterocycles. The van der Waals surface area contributed by atoms with E-state index in [4.69, 9.17) is 14.5 Å². The van der Waals surface area contributed by atoms with Crippen molar-refractivity contribution in [1.29, 1.82) is 0 Å². The van der Waals surface area contributed by atoms with Gasteiger partial charge in [0, 0.05) is 50.4 Å². The highest BCUT2D eigenvalue weighted by Gasteiger charge is 2.53. The molecule has 234 valence electrons. The number of halogens is 3. The van der Waals surface area contributed by atoms with Crippen LogP contribution in [0.4, 0.5) is 18.9 Å². The Hall–Kier alpha value is -3.93. The number of rotatable bonds is 7. The fourth-order valence-corrected chi connectivity index (χ4v) is 7.15. The van der Waals surface area contributed by atoms with E-state index in [9.17, 15) is 18.0 Å². The molecule has 3 aliphatic rings. The molecule has 0 saturated carbocycles. The Kier molecular flexibility index (Phi) is 7.89. The number of methoxy groups -OCH3 is 1. The van der Waals surface area contributed by atoms with Crippen molar-refractivity contribution in [3.05, 3.63) is 59.5 Å². The monoisotopic (exact) mass is 610 g/mol. The van der Waals surface area contributed by atoms with Crippen LogP contribution in [0.15, 0.2) is 42.6 Å². The van der Waals surface area contributed by atoms with Gasteiger partial charge in [0.25, 0.3) is 5.91 Å². The van der Waals surface area contributed by atoms with Gasteiger partial charge < -0.3 is 24.2 Å². The third kappa shape index (κ3) is 5.12. The molecule has 1 spiro atoms. The number of hydrogen-bond donors (Lipinski definition) is 0. The zero-order chi connectivity index (χ0) is 31.2. The molecule has 0 bridgehead atoms. The second kappa shape index (κ2) is 11.5. The summed E-state index contributed by atoms with van der Waals surface area (Å²) in [6.07, 6.45) is -1.70. The normalized spacial score (nSPS) is 22.6. The van der Waals surface area contributed by atoms with E-state index in [0.29, 0.717) is 61.9 Å². The number of fused-ring (bicyclic) bond motifs is 2. The molecule has 1 amide bonds. The van der Waals surface area contributed by atoms with Crippen LogP contribution in [-0.4, -0.2) is 90.2 Å². The molecule has 3 aromatic rings. The van der Waals surface area contributed by atoms with Crippen molar-refractivity contribution < 1.29 is 27.4 Å². The van der Waals surface area contributed by atoms with E-state index in [1.54, 1.807) is 11.1 Å². The van der Waals surface area contributed by atoms with Gasteiger partial charge in [-0.3, -0.25) is 4.79 Å². The van der Waals surface area contributed by atoms with Gasteiger partial charge in [-0.05, 0) is 56.1 Å². The van der Waals surface area contributed by atoms with Crippen molar-refractivity contribution in [2.45, 2.75) is 44.3 Å². The summed E-state index contributed by atoms with van der Waals surface area (Å²) in [7, 11) is 3.33. The number of aromatic nitrogens is 3. The van der Waals surface area contributed by atoms with Gasteiger partial charge in [-0.2, -0.15) is 13.2 Å². The van der Waals surface area contributed by atoms with Gasteiger partial charge in [-0.1, -0.05) is 19.4 Å². The van der Waals surface area contributed by atoms with Crippen LogP contribution in [0.2, 0.25) is 0 Å². The minimum Gasteiger partial charge on any atom is -0.481 e. The summed E-state index contributed by atoms with van der Waals surface area (Å²) in [5, 5.41) is 0. The Bertz CT molecular complexity index is 1550. The van der Waals surface area contributed by atoms with Crippen LogP contribution in [0, 0.1) is 5.92 Å². The molecule has 2 unspecified atom stereocenters. The molecule has 2 saturated heterocycles. The van der Waals surface area contributed by atoms with Crippen molar-refractivity contribution >= 4 is 11.6 Å². The maximum Gasteiger partial charge on any atom is 0.435 e. The highest BCUT2D eigenvalue weighted by Crippen LogP contribution is 2.49. The van der Waals surface area contributed by atoms with E-state index in [0.717, 1.165) is 18.7 Å². The predicted octanol–water partition coefficient (Wildman–Crippen LogP) is 4.91. The van der Waals surface area contributed by atoms with Crippen LogP contribution in [0.5, 0.6) is 11.8 Å². The number of hydrogen-bond acceptors (Lipinski definition) is 8. The third-order valence-corrected chi connectivity index (χ3v) is 9.37. The Morgan fingerprint density at radius 3 is 2.55 bits per heavy atom. The van der Waals surface area contributed by atoms with Gasteiger partial charge >= 0.3 is 6.18 Å². The van der Waals surface area contributed by atoms with Crippen LogP contribution < -0.4 is 14.4 Å². The van der Waals surface area contributed by atoms with E-state index in [-0.39, 0.29) is 29.4 Å². The number of nitrogens with zero attached hydrogens (tertiary/aromatic N) is 6. The molecule has 0 radical (unpaired) electrons. The maximum atomic E-state index is 14.1. The summed E-state index contributed by atoms with van der Waals surface area (Å²) in [6.45, 7) is 7.19. The molecule has 6 heterocycles. The van der Waals surface area contributed by atoms with E-state index in [2.05, 4.69) is 21.8 Å². The van der Waals surface area contributed by atoms with Crippen LogP contribution in [0.3, 0.4) is 0 Å². The first-order valence-electron chi connectivity index (χ1n) is 15.1. The number of carbonyl (C=O) groups excluding carboxylic acids is 1. The van der Waals surface area contributed by atoms with Crippen molar-refractivity contribution in [1.82, 2.24) is 24.8 Å². The lowest BCUT2D eigenvalue weighted by Gasteiger charge is -2.56.